The number of hydrogen-bond donors (Lipinski definition) is 1. The smallest absolute Gasteiger partial charge is 0.0357 e. The molecular weight excluding hydrogens is 238 g/mol. The van der Waals surface area contributed by atoms with Crippen molar-refractivity contribution in [3.63, 3.8) is 0 Å². The standard InChI is InChI=1S/C12H15NOS2/c1-16(14)7-6-13-9-11-8-10-4-2-3-5-12(10)15-11/h2-5,8,13H,6-7,9H2,1H3. The van der Waals surface area contributed by atoms with E-state index in [2.05, 4.69) is 35.6 Å². The highest BCUT2D eigenvalue weighted by Crippen LogP contribution is 2.24. The molecule has 0 saturated heterocycles. The zero-order chi connectivity index (χ0) is 11.4. The summed E-state index contributed by atoms with van der Waals surface area (Å²) in [6.45, 7) is 1.69. The Kier molecular flexibility index (Phi) is 4.09. The highest BCUT2D eigenvalue weighted by Gasteiger charge is 2.00. The van der Waals surface area contributed by atoms with Crippen molar-refractivity contribution in [1.29, 1.82) is 0 Å². The first-order valence-electron chi connectivity index (χ1n) is 5.24. The molecule has 4 heteroatoms. The molecule has 1 N–H and O–H groups in total. The highest BCUT2D eigenvalue weighted by molar-refractivity contribution is 7.84. The average molecular weight is 253 g/mol. The van der Waals surface area contributed by atoms with Crippen molar-refractivity contribution in [3.8, 4) is 0 Å². The van der Waals surface area contributed by atoms with Gasteiger partial charge in [0.15, 0.2) is 0 Å². The molecule has 2 rings (SSSR count). The van der Waals surface area contributed by atoms with Crippen molar-refractivity contribution < 1.29 is 4.21 Å². The molecule has 2 aromatic rings. The molecular formula is C12H15NOS2. The Hall–Kier alpha value is -0.710. The summed E-state index contributed by atoms with van der Waals surface area (Å²) in [6, 6.07) is 10.6. The van der Waals surface area contributed by atoms with Crippen LogP contribution in [0.15, 0.2) is 30.3 Å². The summed E-state index contributed by atoms with van der Waals surface area (Å²) in [5.74, 6) is 0.727. The van der Waals surface area contributed by atoms with Crippen LogP contribution in [0.5, 0.6) is 0 Å². The fourth-order valence-electron chi connectivity index (χ4n) is 1.55. The monoisotopic (exact) mass is 253 g/mol. The van der Waals surface area contributed by atoms with Crippen LogP contribution in [0.2, 0.25) is 0 Å². The average Bonchev–Trinajstić information content (AvgIpc) is 2.66. The molecule has 1 aromatic heterocycles. The van der Waals surface area contributed by atoms with Crippen LogP contribution in [0.1, 0.15) is 4.88 Å². The molecule has 0 saturated carbocycles. The van der Waals surface area contributed by atoms with Gasteiger partial charge in [-0.25, -0.2) is 0 Å². The minimum atomic E-state index is -0.697. The minimum absolute atomic E-state index is 0.697. The second-order valence-corrected chi connectivity index (χ2v) is 6.43. The molecule has 2 nitrogen and oxygen atoms in total. The van der Waals surface area contributed by atoms with E-state index in [9.17, 15) is 4.21 Å². The van der Waals surface area contributed by atoms with Gasteiger partial charge in [0.05, 0.1) is 0 Å². The number of benzene rings is 1. The maximum absolute atomic E-state index is 10.9. The van der Waals surface area contributed by atoms with E-state index >= 15 is 0 Å². The maximum Gasteiger partial charge on any atom is 0.0357 e. The van der Waals surface area contributed by atoms with Gasteiger partial charge >= 0.3 is 0 Å². The topological polar surface area (TPSA) is 29.1 Å². The van der Waals surface area contributed by atoms with Gasteiger partial charge in [0.2, 0.25) is 0 Å². The van der Waals surface area contributed by atoms with Crippen molar-refractivity contribution in [2.24, 2.45) is 0 Å². The van der Waals surface area contributed by atoms with Crippen LogP contribution in [-0.4, -0.2) is 22.8 Å². The van der Waals surface area contributed by atoms with Crippen LogP contribution < -0.4 is 5.32 Å². The molecule has 0 radical (unpaired) electrons. The van der Waals surface area contributed by atoms with Crippen molar-refractivity contribution in [1.82, 2.24) is 5.32 Å². The van der Waals surface area contributed by atoms with E-state index in [1.54, 1.807) is 6.26 Å². The third-order valence-corrected chi connectivity index (χ3v) is 4.24. The Labute approximate surface area is 102 Å². The summed E-state index contributed by atoms with van der Waals surface area (Å²) in [5.41, 5.74) is 0. The molecule has 0 spiro atoms. The molecule has 0 aliphatic heterocycles. The van der Waals surface area contributed by atoms with Crippen LogP contribution in [0.3, 0.4) is 0 Å². The molecule has 86 valence electrons. The Bertz CT molecular complexity index is 459. The van der Waals surface area contributed by atoms with Gasteiger partial charge in [0.25, 0.3) is 0 Å². The Balaban J connectivity index is 1.92. The SMILES string of the molecule is CS(=O)CCNCc1cc2ccccc2s1. The van der Waals surface area contributed by atoms with Crippen molar-refractivity contribution in [2.45, 2.75) is 6.54 Å². The Morgan fingerprint density at radius 3 is 2.94 bits per heavy atom. The molecule has 0 aliphatic carbocycles. The molecule has 1 unspecified atom stereocenters. The molecule has 0 fully saturated rings. The number of nitrogens with one attached hydrogen (secondary N) is 1. The molecule has 1 heterocycles. The van der Waals surface area contributed by atoms with Crippen LogP contribution in [-0.2, 0) is 17.3 Å². The predicted octanol–water partition coefficient (Wildman–Crippen LogP) is 2.37. The van der Waals surface area contributed by atoms with Gasteiger partial charge in [0, 0.05) is 45.5 Å². The molecule has 1 aromatic carbocycles. The van der Waals surface area contributed by atoms with E-state index in [4.69, 9.17) is 0 Å². The Morgan fingerprint density at radius 2 is 2.19 bits per heavy atom. The Morgan fingerprint density at radius 1 is 1.38 bits per heavy atom. The summed E-state index contributed by atoms with van der Waals surface area (Å²) in [7, 11) is -0.697. The minimum Gasteiger partial charge on any atom is -0.311 e. The zero-order valence-electron chi connectivity index (χ0n) is 9.23. The van der Waals surface area contributed by atoms with E-state index in [1.165, 1.54) is 15.0 Å². The number of hydrogen-bond acceptors (Lipinski definition) is 3. The lowest BCUT2D eigenvalue weighted by Gasteiger charge is -2.00. The fourth-order valence-corrected chi connectivity index (χ4v) is 3.02. The first-order chi connectivity index (χ1) is 7.75. The summed E-state index contributed by atoms with van der Waals surface area (Å²) < 4.78 is 12.2. The van der Waals surface area contributed by atoms with Gasteiger partial charge in [-0.05, 0) is 17.5 Å². The van der Waals surface area contributed by atoms with Crippen LogP contribution in [0.25, 0.3) is 10.1 Å². The van der Waals surface area contributed by atoms with E-state index < -0.39 is 10.8 Å². The van der Waals surface area contributed by atoms with E-state index in [-0.39, 0.29) is 0 Å². The van der Waals surface area contributed by atoms with Crippen LogP contribution in [0, 0.1) is 0 Å². The zero-order valence-corrected chi connectivity index (χ0v) is 10.9. The maximum atomic E-state index is 10.9. The third kappa shape index (κ3) is 3.14. The van der Waals surface area contributed by atoms with Gasteiger partial charge in [-0.15, -0.1) is 11.3 Å². The number of thiophene rings is 1. The lowest BCUT2D eigenvalue weighted by Crippen LogP contribution is -2.18. The van der Waals surface area contributed by atoms with E-state index in [1.807, 2.05) is 11.3 Å². The summed E-state index contributed by atoms with van der Waals surface area (Å²) in [4.78, 5) is 1.34. The fraction of sp³-hybridized carbons (Fsp3) is 0.333. The van der Waals surface area contributed by atoms with Gasteiger partial charge in [0.1, 0.15) is 0 Å². The second kappa shape index (κ2) is 5.57. The lowest BCUT2D eigenvalue weighted by atomic mass is 10.2. The third-order valence-electron chi connectivity index (χ3n) is 2.34. The molecule has 0 amide bonds. The van der Waals surface area contributed by atoms with Crippen LogP contribution in [0.4, 0.5) is 0 Å². The van der Waals surface area contributed by atoms with E-state index in [0.29, 0.717) is 0 Å². The van der Waals surface area contributed by atoms with Crippen LogP contribution >= 0.6 is 11.3 Å². The van der Waals surface area contributed by atoms with Gasteiger partial charge in [-0.1, -0.05) is 18.2 Å². The highest BCUT2D eigenvalue weighted by atomic mass is 32.2. The van der Waals surface area contributed by atoms with Crippen molar-refractivity contribution in [3.05, 3.63) is 35.2 Å². The first kappa shape index (κ1) is 11.8. The van der Waals surface area contributed by atoms with Gasteiger partial charge < -0.3 is 5.32 Å². The second-order valence-electron chi connectivity index (χ2n) is 3.70. The van der Waals surface area contributed by atoms with Gasteiger partial charge in [-0.2, -0.15) is 0 Å². The normalized spacial score (nSPS) is 13.1. The number of rotatable bonds is 5. The van der Waals surface area contributed by atoms with Gasteiger partial charge in [-0.3, -0.25) is 4.21 Å². The lowest BCUT2D eigenvalue weighted by molar-refractivity contribution is 0.678. The molecule has 1 atom stereocenters. The quantitative estimate of drug-likeness (QED) is 0.829. The predicted molar refractivity (Wildman–Crippen MR) is 72.5 cm³/mol. The number of fused-ring (bicyclic) bond motifs is 1. The summed E-state index contributed by atoms with van der Waals surface area (Å²) in [6.07, 6.45) is 1.74. The first-order valence-corrected chi connectivity index (χ1v) is 7.78. The van der Waals surface area contributed by atoms with E-state index in [0.717, 1.165) is 18.8 Å². The molecule has 16 heavy (non-hydrogen) atoms. The van der Waals surface area contributed by atoms with Crippen molar-refractivity contribution in [2.75, 3.05) is 18.6 Å². The molecule has 0 aliphatic rings. The largest absolute Gasteiger partial charge is 0.311 e. The molecule has 0 bridgehead atoms. The summed E-state index contributed by atoms with van der Waals surface area (Å²) in [5, 5.41) is 4.62. The summed E-state index contributed by atoms with van der Waals surface area (Å²) >= 11 is 1.82. The van der Waals surface area contributed by atoms with Crippen molar-refractivity contribution >= 4 is 32.2 Å².